The highest BCUT2D eigenvalue weighted by molar-refractivity contribution is 5.95. The molecule has 116 valence electrons. The van der Waals surface area contributed by atoms with E-state index in [2.05, 4.69) is 10.4 Å². The highest BCUT2D eigenvalue weighted by atomic mass is 19.1. The Labute approximate surface area is 127 Å². The van der Waals surface area contributed by atoms with Crippen molar-refractivity contribution < 1.29 is 14.3 Å². The summed E-state index contributed by atoms with van der Waals surface area (Å²) in [6.07, 6.45) is 3.39. The number of aliphatic hydroxyl groups excluding tert-OH is 1. The lowest BCUT2D eigenvalue weighted by Gasteiger charge is -2.12. The molecular formula is C16H18FN3O2. The second-order valence-corrected chi connectivity index (χ2v) is 5.87. The first-order valence-electron chi connectivity index (χ1n) is 7.24. The van der Waals surface area contributed by atoms with Gasteiger partial charge >= 0.3 is 0 Å². The molecule has 0 saturated heterocycles. The standard InChI is InChI=1S/C16H18FN3O2/c1-11-14(15(22)18-9-16(10-21)6-7-16)8-19-20(11)13-4-2-12(17)3-5-13/h2-5,8,21H,6-7,9-10H2,1H3,(H,18,22). The molecule has 1 aliphatic rings. The number of nitrogens with zero attached hydrogens (tertiary/aromatic N) is 2. The third-order valence-corrected chi connectivity index (χ3v) is 4.24. The number of aliphatic hydroxyl groups is 1. The van der Waals surface area contributed by atoms with Crippen LogP contribution in [0.1, 0.15) is 28.9 Å². The van der Waals surface area contributed by atoms with Crippen LogP contribution in [-0.4, -0.2) is 33.9 Å². The zero-order valence-electron chi connectivity index (χ0n) is 12.3. The van der Waals surface area contributed by atoms with Crippen molar-refractivity contribution in [1.29, 1.82) is 0 Å². The average Bonchev–Trinajstić information content (AvgIpc) is 3.22. The molecule has 0 aliphatic heterocycles. The Bertz CT molecular complexity index is 690. The molecule has 22 heavy (non-hydrogen) atoms. The minimum absolute atomic E-state index is 0.0983. The van der Waals surface area contributed by atoms with E-state index in [4.69, 9.17) is 0 Å². The Morgan fingerprint density at radius 2 is 2.09 bits per heavy atom. The first-order valence-corrected chi connectivity index (χ1v) is 7.24. The van der Waals surface area contributed by atoms with E-state index in [9.17, 15) is 14.3 Å². The van der Waals surface area contributed by atoms with Crippen LogP contribution in [0.4, 0.5) is 4.39 Å². The van der Waals surface area contributed by atoms with Crippen LogP contribution in [0.15, 0.2) is 30.5 Å². The van der Waals surface area contributed by atoms with Crippen molar-refractivity contribution in [3.63, 3.8) is 0 Å². The molecule has 0 bridgehead atoms. The van der Waals surface area contributed by atoms with Gasteiger partial charge in [-0.1, -0.05) is 0 Å². The van der Waals surface area contributed by atoms with Crippen molar-refractivity contribution in [1.82, 2.24) is 15.1 Å². The molecule has 1 saturated carbocycles. The van der Waals surface area contributed by atoms with Crippen molar-refractivity contribution in [2.45, 2.75) is 19.8 Å². The lowest BCUT2D eigenvalue weighted by atomic mass is 10.1. The molecule has 1 aliphatic carbocycles. The summed E-state index contributed by atoms with van der Waals surface area (Å²) in [5.41, 5.74) is 1.75. The second kappa shape index (κ2) is 5.53. The Kier molecular flexibility index (Phi) is 3.70. The molecular weight excluding hydrogens is 285 g/mol. The third kappa shape index (κ3) is 2.74. The number of amides is 1. The van der Waals surface area contributed by atoms with Crippen LogP contribution in [0.25, 0.3) is 5.69 Å². The van der Waals surface area contributed by atoms with E-state index in [0.717, 1.165) is 12.8 Å². The number of aromatic nitrogens is 2. The molecule has 1 fully saturated rings. The molecule has 1 amide bonds. The SMILES string of the molecule is Cc1c(C(=O)NCC2(CO)CC2)cnn1-c1ccc(F)cc1. The summed E-state index contributed by atoms with van der Waals surface area (Å²) < 4.78 is 14.6. The molecule has 6 heteroatoms. The van der Waals surface area contributed by atoms with Crippen LogP contribution in [0, 0.1) is 18.2 Å². The number of halogens is 1. The van der Waals surface area contributed by atoms with Crippen LogP contribution in [0.3, 0.4) is 0 Å². The zero-order chi connectivity index (χ0) is 15.7. The van der Waals surface area contributed by atoms with Gasteiger partial charge in [-0.25, -0.2) is 9.07 Å². The fourth-order valence-electron chi connectivity index (χ4n) is 2.41. The quantitative estimate of drug-likeness (QED) is 0.885. The molecule has 0 radical (unpaired) electrons. The summed E-state index contributed by atoms with van der Waals surface area (Å²) >= 11 is 0. The predicted octanol–water partition coefficient (Wildman–Crippen LogP) is 1.82. The first kappa shape index (κ1) is 14.7. The maximum Gasteiger partial charge on any atom is 0.254 e. The number of carbonyl (C=O) groups is 1. The number of carbonyl (C=O) groups excluding carboxylic acids is 1. The van der Waals surface area contributed by atoms with E-state index >= 15 is 0 Å². The third-order valence-electron chi connectivity index (χ3n) is 4.24. The second-order valence-electron chi connectivity index (χ2n) is 5.87. The van der Waals surface area contributed by atoms with E-state index in [0.29, 0.717) is 23.5 Å². The number of benzene rings is 1. The highest BCUT2D eigenvalue weighted by Gasteiger charge is 2.42. The molecule has 0 spiro atoms. The summed E-state index contributed by atoms with van der Waals surface area (Å²) in [4.78, 5) is 12.2. The predicted molar refractivity (Wildman–Crippen MR) is 79.3 cm³/mol. The minimum atomic E-state index is -0.315. The van der Waals surface area contributed by atoms with Gasteiger partial charge in [-0.2, -0.15) is 5.10 Å². The van der Waals surface area contributed by atoms with Gasteiger partial charge in [0.15, 0.2) is 0 Å². The number of nitrogens with one attached hydrogen (secondary N) is 1. The minimum Gasteiger partial charge on any atom is -0.396 e. The van der Waals surface area contributed by atoms with Gasteiger partial charge in [0.2, 0.25) is 0 Å². The Hall–Kier alpha value is -2.21. The highest BCUT2D eigenvalue weighted by Crippen LogP contribution is 2.44. The zero-order valence-corrected chi connectivity index (χ0v) is 12.3. The molecule has 5 nitrogen and oxygen atoms in total. The summed E-state index contributed by atoms with van der Waals surface area (Å²) in [5, 5.41) is 16.3. The number of hydrogen-bond acceptors (Lipinski definition) is 3. The number of hydrogen-bond donors (Lipinski definition) is 2. The molecule has 1 aromatic carbocycles. The van der Waals surface area contributed by atoms with Crippen molar-refractivity contribution in [3.05, 3.63) is 47.5 Å². The molecule has 1 heterocycles. The van der Waals surface area contributed by atoms with Crippen LogP contribution in [-0.2, 0) is 0 Å². The normalized spacial score (nSPS) is 15.6. The van der Waals surface area contributed by atoms with Gasteiger partial charge < -0.3 is 10.4 Å². The van der Waals surface area contributed by atoms with Gasteiger partial charge in [0.25, 0.3) is 5.91 Å². The summed E-state index contributed by atoms with van der Waals surface area (Å²) in [6.45, 7) is 2.37. The lowest BCUT2D eigenvalue weighted by Crippen LogP contribution is -2.32. The van der Waals surface area contributed by atoms with E-state index in [-0.39, 0.29) is 23.7 Å². The molecule has 3 rings (SSSR count). The van der Waals surface area contributed by atoms with Gasteiger partial charge in [-0.15, -0.1) is 0 Å². The van der Waals surface area contributed by atoms with Crippen molar-refractivity contribution in [2.75, 3.05) is 13.2 Å². The van der Waals surface area contributed by atoms with Crippen LogP contribution in [0.5, 0.6) is 0 Å². The van der Waals surface area contributed by atoms with Gasteiger partial charge in [0.1, 0.15) is 5.82 Å². The maximum atomic E-state index is 13.0. The first-order chi connectivity index (χ1) is 10.5. The van der Waals surface area contributed by atoms with Crippen LogP contribution >= 0.6 is 0 Å². The summed E-state index contributed by atoms with van der Waals surface area (Å²) in [5.74, 6) is -0.518. The maximum absolute atomic E-state index is 13.0. The molecule has 2 aromatic rings. The lowest BCUT2D eigenvalue weighted by molar-refractivity contribution is 0.0934. The largest absolute Gasteiger partial charge is 0.396 e. The molecule has 0 atom stereocenters. The fraction of sp³-hybridized carbons (Fsp3) is 0.375. The topological polar surface area (TPSA) is 67.2 Å². The smallest absolute Gasteiger partial charge is 0.254 e. The fourth-order valence-corrected chi connectivity index (χ4v) is 2.41. The van der Waals surface area contributed by atoms with Crippen LogP contribution in [0.2, 0.25) is 0 Å². The van der Waals surface area contributed by atoms with Crippen molar-refractivity contribution in [2.24, 2.45) is 5.41 Å². The molecule has 0 unspecified atom stereocenters. The van der Waals surface area contributed by atoms with Gasteiger partial charge in [0, 0.05) is 12.0 Å². The van der Waals surface area contributed by atoms with Crippen molar-refractivity contribution >= 4 is 5.91 Å². The summed E-state index contributed by atoms with van der Waals surface area (Å²) in [7, 11) is 0. The average molecular weight is 303 g/mol. The molecule has 1 aromatic heterocycles. The van der Waals surface area contributed by atoms with E-state index in [1.807, 2.05) is 0 Å². The molecule has 2 N–H and O–H groups in total. The Morgan fingerprint density at radius 1 is 1.41 bits per heavy atom. The van der Waals surface area contributed by atoms with Gasteiger partial charge in [0.05, 0.1) is 29.7 Å². The van der Waals surface area contributed by atoms with E-state index in [1.165, 1.54) is 18.3 Å². The Morgan fingerprint density at radius 3 is 2.68 bits per heavy atom. The monoisotopic (exact) mass is 303 g/mol. The summed E-state index contributed by atoms with van der Waals surface area (Å²) in [6, 6.07) is 5.94. The Balaban J connectivity index is 1.75. The van der Waals surface area contributed by atoms with Crippen LogP contribution < -0.4 is 5.32 Å². The number of rotatable bonds is 5. The van der Waals surface area contributed by atoms with Crippen molar-refractivity contribution in [3.8, 4) is 5.69 Å². The van der Waals surface area contributed by atoms with Gasteiger partial charge in [-0.05, 0) is 44.0 Å². The van der Waals surface area contributed by atoms with E-state index < -0.39 is 0 Å². The van der Waals surface area contributed by atoms with E-state index in [1.54, 1.807) is 23.7 Å². The van der Waals surface area contributed by atoms with Gasteiger partial charge in [-0.3, -0.25) is 4.79 Å².